The van der Waals surface area contributed by atoms with E-state index >= 15 is 0 Å². The van der Waals surface area contributed by atoms with Gasteiger partial charge in [0.25, 0.3) is 0 Å². The molecule has 0 radical (unpaired) electrons. The van der Waals surface area contributed by atoms with Gasteiger partial charge in [-0.3, -0.25) is 9.79 Å². The maximum Gasteiger partial charge on any atom is 0.222 e. The van der Waals surface area contributed by atoms with Gasteiger partial charge in [-0.1, -0.05) is 42.0 Å². The summed E-state index contributed by atoms with van der Waals surface area (Å²) in [6, 6.07) is 14.6. The first-order chi connectivity index (χ1) is 14.5. The number of nitrogens with one attached hydrogen (secondary N) is 2. The third kappa shape index (κ3) is 6.85. The Kier molecular flexibility index (Phi) is 9.61. The number of rotatable bonds is 7. The fourth-order valence-electron chi connectivity index (χ4n) is 3.78. The predicted octanol–water partition coefficient (Wildman–Crippen LogP) is 4.17. The van der Waals surface area contributed by atoms with E-state index in [-0.39, 0.29) is 35.9 Å². The van der Waals surface area contributed by atoms with Gasteiger partial charge in [-0.05, 0) is 37.5 Å². The summed E-state index contributed by atoms with van der Waals surface area (Å²) in [7, 11) is 3.46. The van der Waals surface area contributed by atoms with Crippen molar-refractivity contribution in [2.24, 2.45) is 4.99 Å². The molecular formula is C24H33IN4O2. The molecular weight excluding hydrogens is 503 g/mol. The number of methoxy groups -OCH3 is 1. The lowest BCUT2D eigenvalue weighted by Crippen LogP contribution is -2.38. The third-order valence-electron chi connectivity index (χ3n) is 5.42. The number of hydrogen-bond acceptors (Lipinski definition) is 3. The Bertz CT molecular complexity index is 916. The third-order valence-corrected chi connectivity index (χ3v) is 5.42. The Morgan fingerprint density at radius 2 is 2.00 bits per heavy atom. The number of hydrogen-bond donors (Lipinski definition) is 2. The first-order valence-corrected chi connectivity index (χ1v) is 10.5. The summed E-state index contributed by atoms with van der Waals surface area (Å²) in [6.45, 7) is 6.37. The van der Waals surface area contributed by atoms with E-state index in [0.717, 1.165) is 41.4 Å². The van der Waals surface area contributed by atoms with Crippen LogP contribution in [0.1, 0.15) is 48.1 Å². The molecule has 31 heavy (non-hydrogen) atoms. The van der Waals surface area contributed by atoms with E-state index in [1.807, 2.05) is 23.1 Å². The van der Waals surface area contributed by atoms with E-state index in [1.54, 1.807) is 14.2 Å². The van der Waals surface area contributed by atoms with Gasteiger partial charge in [0, 0.05) is 38.7 Å². The second kappa shape index (κ2) is 11.9. The van der Waals surface area contributed by atoms with Crippen LogP contribution in [-0.2, 0) is 17.9 Å². The van der Waals surface area contributed by atoms with Gasteiger partial charge >= 0.3 is 0 Å². The molecule has 1 atom stereocenters. The number of benzene rings is 2. The van der Waals surface area contributed by atoms with Crippen molar-refractivity contribution < 1.29 is 9.53 Å². The van der Waals surface area contributed by atoms with Gasteiger partial charge in [0.05, 0.1) is 13.2 Å². The lowest BCUT2D eigenvalue weighted by atomic mass is 10.0. The van der Waals surface area contributed by atoms with E-state index in [4.69, 9.17) is 4.74 Å². The summed E-state index contributed by atoms with van der Waals surface area (Å²) in [5.74, 6) is 1.84. The largest absolute Gasteiger partial charge is 0.496 e. The van der Waals surface area contributed by atoms with Crippen molar-refractivity contribution in [3.63, 3.8) is 0 Å². The monoisotopic (exact) mass is 536 g/mol. The lowest BCUT2D eigenvalue weighted by Gasteiger charge is -2.21. The maximum atomic E-state index is 11.9. The number of guanidine groups is 1. The van der Waals surface area contributed by atoms with Crippen molar-refractivity contribution in [3.8, 4) is 5.75 Å². The van der Waals surface area contributed by atoms with Crippen LogP contribution in [0.15, 0.2) is 47.5 Å². The number of aryl methyl sites for hydroxylation is 1. The van der Waals surface area contributed by atoms with Crippen LogP contribution >= 0.6 is 24.0 Å². The summed E-state index contributed by atoms with van der Waals surface area (Å²) >= 11 is 0. The first kappa shape index (κ1) is 25.0. The molecule has 1 heterocycles. The highest BCUT2D eigenvalue weighted by Gasteiger charge is 2.20. The Balaban J connectivity index is 0.00000341. The van der Waals surface area contributed by atoms with Gasteiger partial charge in [-0.2, -0.15) is 0 Å². The van der Waals surface area contributed by atoms with Crippen LogP contribution in [0.4, 0.5) is 0 Å². The zero-order valence-corrected chi connectivity index (χ0v) is 21.1. The molecule has 1 aliphatic rings. The van der Waals surface area contributed by atoms with Crippen molar-refractivity contribution in [1.82, 2.24) is 15.5 Å². The highest BCUT2D eigenvalue weighted by Crippen LogP contribution is 2.26. The molecule has 1 amide bonds. The molecule has 0 aromatic heterocycles. The van der Waals surface area contributed by atoms with Crippen molar-refractivity contribution >= 4 is 35.8 Å². The SMILES string of the molecule is CN=C(NCc1cccc(CN2CCCC2=O)c1)NC(C)c1cc(C)ccc1OC.I. The fraction of sp³-hybridized carbons (Fsp3) is 0.417. The van der Waals surface area contributed by atoms with Gasteiger partial charge in [-0.15, -0.1) is 24.0 Å². The Morgan fingerprint density at radius 3 is 2.68 bits per heavy atom. The molecule has 2 aromatic rings. The molecule has 0 aliphatic carbocycles. The van der Waals surface area contributed by atoms with Crippen molar-refractivity contribution in [1.29, 1.82) is 0 Å². The standard InChI is InChI=1S/C24H32N4O2.HI/c1-17-10-11-22(30-4)21(13-17)18(2)27-24(25-3)26-15-19-7-5-8-20(14-19)16-28-12-6-9-23(28)29;/h5,7-8,10-11,13-14,18H,6,9,12,15-16H2,1-4H3,(H2,25,26,27);1H. The van der Waals surface area contributed by atoms with Crippen LogP contribution in [0, 0.1) is 6.92 Å². The Hall–Kier alpha value is -2.29. The van der Waals surface area contributed by atoms with Gasteiger partial charge in [-0.25, -0.2) is 0 Å². The number of aliphatic imine (C=N–C) groups is 1. The van der Waals surface area contributed by atoms with E-state index < -0.39 is 0 Å². The molecule has 1 fully saturated rings. The first-order valence-electron chi connectivity index (χ1n) is 10.5. The maximum absolute atomic E-state index is 11.9. The van der Waals surface area contributed by atoms with Crippen LogP contribution in [0.2, 0.25) is 0 Å². The second-order valence-corrected chi connectivity index (χ2v) is 7.78. The van der Waals surface area contributed by atoms with Gasteiger partial charge in [0.2, 0.25) is 5.91 Å². The molecule has 3 rings (SSSR count). The Labute approximate surface area is 202 Å². The summed E-state index contributed by atoms with van der Waals surface area (Å²) in [4.78, 5) is 18.2. The normalized spacial score (nSPS) is 14.8. The van der Waals surface area contributed by atoms with Crippen molar-refractivity contribution in [2.75, 3.05) is 20.7 Å². The van der Waals surface area contributed by atoms with Crippen molar-refractivity contribution in [3.05, 3.63) is 64.7 Å². The number of nitrogens with zero attached hydrogens (tertiary/aromatic N) is 2. The average molecular weight is 536 g/mol. The zero-order chi connectivity index (χ0) is 21.5. The van der Waals surface area contributed by atoms with Crippen LogP contribution < -0.4 is 15.4 Å². The number of carbonyl (C=O) groups is 1. The van der Waals surface area contributed by atoms with Crippen LogP contribution in [0.3, 0.4) is 0 Å². The van der Waals surface area contributed by atoms with Crippen LogP contribution in [0.25, 0.3) is 0 Å². The minimum atomic E-state index is 0. The quantitative estimate of drug-likeness (QED) is 0.317. The van der Waals surface area contributed by atoms with E-state index in [0.29, 0.717) is 19.5 Å². The van der Waals surface area contributed by atoms with Crippen molar-refractivity contribution in [2.45, 2.75) is 45.8 Å². The molecule has 1 aliphatic heterocycles. The lowest BCUT2D eigenvalue weighted by molar-refractivity contribution is -0.128. The van der Waals surface area contributed by atoms with E-state index in [9.17, 15) is 4.79 Å². The molecule has 168 valence electrons. The molecule has 1 unspecified atom stereocenters. The van der Waals surface area contributed by atoms with E-state index in [1.165, 1.54) is 5.56 Å². The molecule has 0 bridgehead atoms. The fourth-order valence-corrected chi connectivity index (χ4v) is 3.78. The van der Waals surface area contributed by atoms with Crippen LogP contribution in [0.5, 0.6) is 5.75 Å². The molecule has 7 heteroatoms. The topological polar surface area (TPSA) is 66.0 Å². The van der Waals surface area contributed by atoms with Crippen LogP contribution in [-0.4, -0.2) is 37.5 Å². The molecule has 1 saturated heterocycles. The van der Waals surface area contributed by atoms with Gasteiger partial charge in [0.15, 0.2) is 5.96 Å². The molecule has 2 N–H and O–H groups in total. The highest BCUT2D eigenvalue weighted by atomic mass is 127. The molecule has 0 spiro atoms. The number of likely N-dealkylation sites (tertiary alicyclic amines) is 1. The number of halogens is 1. The van der Waals surface area contributed by atoms with Gasteiger partial charge < -0.3 is 20.3 Å². The minimum absolute atomic E-state index is 0. The number of carbonyl (C=O) groups excluding carboxylic acids is 1. The highest BCUT2D eigenvalue weighted by molar-refractivity contribution is 14.0. The number of ether oxygens (including phenoxy) is 1. The minimum Gasteiger partial charge on any atom is -0.496 e. The summed E-state index contributed by atoms with van der Waals surface area (Å²) in [6.07, 6.45) is 1.64. The molecule has 2 aromatic carbocycles. The second-order valence-electron chi connectivity index (χ2n) is 7.78. The average Bonchev–Trinajstić information content (AvgIpc) is 3.15. The van der Waals surface area contributed by atoms with E-state index in [2.05, 4.69) is 53.7 Å². The zero-order valence-electron chi connectivity index (χ0n) is 18.8. The predicted molar refractivity (Wildman–Crippen MR) is 136 cm³/mol. The Morgan fingerprint density at radius 1 is 1.23 bits per heavy atom. The summed E-state index contributed by atoms with van der Waals surface area (Å²) in [5.41, 5.74) is 4.60. The van der Waals surface area contributed by atoms with Gasteiger partial charge in [0.1, 0.15) is 5.75 Å². The molecule has 6 nitrogen and oxygen atoms in total. The number of amides is 1. The molecule has 0 saturated carbocycles. The summed E-state index contributed by atoms with van der Waals surface area (Å²) in [5, 5.41) is 6.83. The summed E-state index contributed by atoms with van der Waals surface area (Å²) < 4.78 is 5.51. The smallest absolute Gasteiger partial charge is 0.222 e.